The van der Waals surface area contributed by atoms with Gasteiger partial charge in [-0.05, 0) is 60.3 Å². The van der Waals surface area contributed by atoms with Crippen molar-refractivity contribution in [3.63, 3.8) is 0 Å². The van der Waals surface area contributed by atoms with Gasteiger partial charge < -0.3 is 20.9 Å². The average molecular weight is 464 g/mol. The Morgan fingerprint density at radius 2 is 1.94 bits per heavy atom. The highest BCUT2D eigenvalue weighted by Crippen LogP contribution is 2.23. The third-order valence-electron chi connectivity index (χ3n) is 5.28. The molecule has 4 aromatic rings. The molecule has 0 saturated carbocycles. The summed E-state index contributed by atoms with van der Waals surface area (Å²) in [5.41, 5.74) is 11.1. The molecule has 0 spiro atoms. The van der Waals surface area contributed by atoms with E-state index in [0.717, 1.165) is 30.5 Å². The predicted octanol–water partition coefficient (Wildman–Crippen LogP) is 4.88. The first kappa shape index (κ1) is 22.5. The number of carbonyl (C=O) groups is 1. The molecule has 1 amide bonds. The molecule has 2 aromatic carbocycles. The molecule has 0 bridgehead atoms. The second kappa shape index (κ2) is 9.87. The van der Waals surface area contributed by atoms with Gasteiger partial charge in [-0.2, -0.15) is 9.97 Å². The Kier molecular flexibility index (Phi) is 6.74. The van der Waals surface area contributed by atoms with Gasteiger partial charge in [0.25, 0.3) is 5.91 Å². The summed E-state index contributed by atoms with van der Waals surface area (Å²) in [5, 5.41) is 6.32. The fourth-order valence-electron chi connectivity index (χ4n) is 3.49. The zero-order chi connectivity index (χ0) is 23.4. The number of hydrogen-bond donors (Lipinski definition) is 3. The number of aryl methyl sites for hydroxylation is 1. The van der Waals surface area contributed by atoms with Crippen LogP contribution in [0.5, 0.6) is 0 Å². The molecule has 2 heterocycles. The van der Waals surface area contributed by atoms with Gasteiger partial charge in [0.1, 0.15) is 0 Å². The van der Waals surface area contributed by atoms with E-state index in [4.69, 9.17) is 17.3 Å². The number of fused-ring (bicyclic) bond motifs is 1. The Bertz CT molecular complexity index is 1280. The Morgan fingerprint density at radius 1 is 1.15 bits per heavy atom. The van der Waals surface area contributed by atoms with Crippen LogP contribution in [0.4, 0.5) is 17.2 Å². The zero-order valence-corrected chi connectivity index (χ0v) is 19.4. The highest BCUT2D eigenvalue weighted by Gasteiger charge is 2.13. The highest BCUT2D eigenvalue weighted by molar-refractivity contribution is 6.28. The smallest absolute Gasteiger partial charge is 0.255 e. The fraction of sp³-hybridized carbons (Fsp3) is 0.250. The minimum atomic E-state index is -0.215. The van der Waals surface area contributed by atoms with Gasteiger partial charge in [-0.1, -0.05) is 31.5 Å². The molecule has 0 atom stereocenters. The third kappa shape index (κ3) is 5.23. The first-order chi connectivity index (χ1) is 15.9. The Hall–Kier alpha value is -3.65. The summed E-state index contributed by atoms with van der Waals surface area (Å²) < 4.78 is 1.91. The van der Waals surface area contributed by atoms with Crippen LogP contribution in [0.3, 0.4) is 0 Å². The second-order valence-electron chi connectivity index (χ2n) is 7.91. The lowest BCUT2D eigenvalue weighted by Gasteiger charge is -2.10. The van der Waals surface area contributed by atoms with Crippen LogP contribution in [0.1, 0.15) is 41.3 Å². The molecule has 0 radical (unpaired) electrons. The first-order valence-electron chi connectivity index (χ1n) is 10.8. The van der Waals surface area contributed by atoms with Crippen LogP contribution < -0.4 is 16.4 Å². The molecule has 0 unspecified atom stereocenters. The highest BCUT2D eigenvalue weighted by atomic mass is 35.5. The number of nitrogens with one attached hydrogen (secondary N) is 2. The van der Waals surface area contributed by atoms with Gasteiger partial charge in [-0.3, -0.25) is 4.79 Å². The van der Waals surface area contributed by atoms with Crippen LogP contribution in [0.25, 0.3) is 11.2 Å². The molecule has 8 nitrogen and oxygen atoms in total. The lowest BCUT2D eigenvalue weighted by molar-refractivity contribution is 0.102. The summed E-state index contributed by atoms with van der Waals surface area (Å²) in [6.45, 7) is 5.41. The maximum Gasteiger partial charge on any atom is 0.255 e. The number of imidazole rings is 1. The molecule has 0 saturated heterocycles. The van der Waals surface area contributed by atoms with Crippen molar-refractivity contribution < 1.29 is 4.79 Å². The molecular formula is C24H26ClN7O. The van der Waals surface area contributed by atoms with E-state index < -0.39 is 0 Å². The molecule has 0 aliphatic rings. The molecule has 33 heavy (non-hydrogen) atoms. The lowest BCUT2D eigenvalue weighted by Crippen LogP contribution is -2.13. The number of rotatable bonds is 8. The third-order valence-corrected chi connectivity index (χ3v) is 5.45. The van der Waals surface area contributed by atoms with Gasteiger partial charge in [0.05, 0.1) is 24.2 Å². The number of aromatic nitrogens is 4. The second-order valence-corrected chi connectivity index (χ2v) is 8.25. The summed E-state index contributed by atoms with van der Waals surface area (Å²) in [5.74, 6) is 0.423. The van der Waals surface area contributed by atoms with E-state index in [-0.39, 0.29) is 11.2 Å². The largest absolute Gasteiger partial charge is 0.397 e. The quantitative estimate of drug-likeness (QED) is 0.195. The van der Waals surface area contributed by atoms with E-state index in [1.807, 2.05) is 35.8 Å². The number of nitrogen functional groups attached to an aromatic ring is 1. The van der Waals surface area contributed by atoms with Crippen molar-refractivity contribution in [3.8, 4) is 0 Å². The van der Waals surface area contributed by atoms with Crippen molar-refractivity contribution in [1.82, 2.24) is 19.5 Å². The molecule has 9 heteroatoms. The zero-order valence-electron chi connectivity index (χ0n) is 18.6. The molecule has 0 aliphatic heterocycles. The van der Waals surface area contributed by atoms with Gasteiger partial charge in [-0.15, -0.1) is 0 Å². The van der Waals surface area contributed by atoms with E-state index in [9.17, 15) is 4.79 Å². The summed E-state index contributed by atoms with van der Waals surface area (Å²) >= 11 is 6.15. The topological polar surface area (TPSA) is 111 Å². The van der Waals surface area contributed by atoms with E-state index in [2.05, 4.69) is 32.5 Å². The summed E-state index contributed by atoms with van der Waals surface area (Å²) in [6, 6.07) is 12.9. The molecular weight excluding hydrogens is 438 g/mol. The normalized spacial score (nSPS) is 11.0. The molecule has 0 aliphatic carbocycles. The van der Waals surface area contributed by atoms with Gasteiger partial charge in [0.15, 0.2) is 17.0 Å². The van der Waals surface area contributed by atoms with Gasteiger partial charge in [-0.25, -0.2) is 4.98 Å². The van der Waals surface area contributed by atoms with Gasteiger partial charge in [0, 0.05) is 12.1 Å². The number of hydrogen-bond acceptors (Lipinski definition) is 6. The van der Waals surface area contributed by atoms with Crippen molar-refractivity contribution in [2.75, 3.05) is 22.9 Å². The number of benzene rings is 2. The Balaban J connectivity index is 1.49. The number of amides is 1. The van der Waals surface area contributed by atoms with Crippen molar-refractivity contribution in [2.45, 2.75) is 33.2 Å². The standard InChI is InChI=1S/C24H26ClN7O/c1-3-4-11-27-21-20-22(31-24(25)30-21)32(14-28-20)13-16-6-8-17(9-7-16)23(33)29-19-10-5-15(2)12-18(19)26/h5-10,12,14H,3-4,11,13,26H2,1-2H3,(H,29,33)(H,27,30,31). The van der Waals surface area contributed by atoms with Crippen molar-refractivity contribution >= 4 is 45.9 Å². The summed E-state index contributed by atoms with van der Waals surface area (Å²) in [7, 11) is 0. The van der Waals surface area contributed by atoms with Crippen LogP contribution in [0, 0.1) is 6.92 Å². The maximum atomic E-state index is 12.6. The van der Waals surface area contributed by atoms with Crippen LogP contribution >= 0.6 is 11.6 Å². The number of anilines is 3. The molecule has 4 rings (SSSR count). The first-order valence-corrected chi connectivity index (χ1v) is 11.2. The maximum absolute atomic E-state index is 12.6. The molecule has 4 N–H and O–H groups in total. The van der Waals surface area contributed by atoms with Crippen molar-refractivity contribution in [1.29, 1.82) is 0 Å². The Labute approximate surface area is 197 Å². The van der Waals surface area contributed by atoms with Crippen molar-refractivity contribution in [3.05, 3.63) is 70.8 Å². The predicted molar refractivity (Wildman–Crippen MR) is 133 cm³/mol. The van der Waals surface area contributed by atoms with Crippen LogP contribution in [0.15, 0.2) is 48.8 Å². The van der Waals surface area contributed by atoms with E-state index in [0.29, 0.717) is 40.5 Å². The van der Waals surface area contributed by atoms with Crippen LogP contribution in [-0.2, 0) is 6.54 Å². The van der Waals surface area contributed by atoms with Gasteiger partial charge in [0.2, 0.25) is 5.28 Å². The fourth-order valence-corrected chi connectivity index (χ4v) is 3.65. The van der Waals surface area contributed by atoms with Crippen LogP contribution in [0.2, 0.25) is 5.28 Å². The lowest BCUT2D eigenvalue weighted by atomic mass is 10.1. The van der Waals surface area contributed by atoms with Crippen molar-refractivity contribution in [2.24, 2.45) is 0 Å². The van der Waals surface area contributed by atoms with E-state index in [1.54, 1.807) is 24.5 Å². The number of unbranched alkanes of at least 4 members (excludes halogenated alkanes) is 1. The van der Waals surface area contributed by atoms with Crippen LogP contribution in [-0.4, -0.2) is 32.0 Å². The average Bonchev–Trinajstić information content (AvgIpc) is 3.18. The minimum Gasteiger partial charge on any atom is -0.397 e. The number of nitrogens with two attached hydrogens (primary N) is 1. The molecule has 2 aromatic heterocycles. The number of carbonyl (C=O) groups excluding carboxylic acids is 1. The van der Waals surface area contributed by atoms with E-state index >= 15 is 0 Å². The number of nitrogens with zero attached hydrogens (tertiary/aromatic N) is 4. The van der Waals surface area contributed by atoms with E-state index in [1.165, 1.54) is 0 Å². The summed E-state index contributed by atoms with van der Waals surface area (Å²) in [4.78, 5) is 25.7. The molecule has 0 fully saturated rings. The molecule has 170 valence electrons. The van der Waals surface area contributed by atoms with Gasteiger partial charge >= 0.3 is 0 Å². The Morgan fingerprint density at radius 3 is 2.67 bits per heavy atom. The minimum absolute atomic E-state index is 0.172. The SMILES string of the molecule is CCCCNc1nc(Cl)nc2c1ncn2Cc1ccc(C(=O)Nc2ccc(C)cc2N)cc1. The number of halogens is 1. The monoisotopic (exact) mass is 463 g/mol. The summed E-state index contributed by atoms with van der Waals surface area (Å²) in [6.07, 6.45) is 3.83.